The number of carboxylic acid groups (broad SMARTS) is 1. The van der Waals surface area contributed by atoms with E-state index in [0.29, 0.717) is 32.2 Å². The molecule has 5 heteroatoms. The number of fused-ring (bicyclic) bond motifs is 1. The Labute approximate surface area is 136 Å². The van der Waals surface area contributed by atoms with Crippen LogP contribution in [0.5, 0.6) is 5.75 Å². The summed E-state index contributed by atoms with van der Waals surface area (Å²) in [6.45, 7) is 1.38. The highest BCUT2D eigenvalue weighted by Crippen LogP contribution is 2.29. The molecule has 0 spiro atoms. The van der Waals surface area contributed by atoms with Crippen LogP contribution in [0.3, 0.4) is 0 Å². The van der Waals surface area contributed by atoms with Crippen LogP contribution in [0.2, 0.25) is 0 Å². The Kier molecular flexibility index (Phi) is 4.84. The maximum Gasteiger partial charge on any atom is 0.306 e. The van der Waals surface area contributed by atoms with E-state index in [9.17, 15) is 9.59 Å². The third-order valence-electron chi connectivity index (χ3n) is 4.91. The van der Waals surface area contributed by atoms with Gasteiger partial charge in [-0.1, -0.05) is 12.1 Å². The molecule has 3 rings (SSSR count). The Morgan fingerprint density at radius 2 is 1.91 bits per heavy atom. The molecule has 1 saturated carbocycles. The van der Waals surface area contributed by atoms with Gasteiger partial charge in [0.1, 0.15) is 5.75 Å². The van der Waals surface area contributed by atoms with E-state index in [4.69, 9.17) is 9.84 Å². The van der Waals surface area contributed by atoms with E-state index in [1.54, 1.807) is 0 Å². The molecular weight excluding hydrogens is 294 g/mol. The molecule has 1 aliphatic carbocycles. The summed E-state index contributed by atoms with van der Waals surface area (Å²) in [5, 5.41) is 12.0. The van der Waals surface area contributed by atoms with E-state index in [-0.39, 0.29) is 17.7 Å². The Morgan fingerprint density at radius 3 is 2.65 bits per heavy atom. The summed E-state index contributed by atoms with van der Waals surface area (Å²) in [5.74, 6) is 0.0162. The zero-order chi connectivity index (χ0) is 16.2. The number of carbonyl (C=O) groups is 2. The number of hydrogen-bond donors (Lipinski definition) is 2. The summed E-state index contributed by atoms with van der Waals surface area (Å²) in [4.78, 5) is 23.1. The van der Waals surface area contributed by atoms with Gasteiger partial charge in [-0.2, -0.15) is 0 Å². The van der Waals surface area contributed by atoms with Crippen LogP contribution in [0.1, 0.15) is 36.8 Å². The van der Waals surface area contributed by atoms with Crippen molar-refractivity contribution in [2.24, 2.45) is 11.8 Å². The van der Waals surface area contributed by atoms with Crippen LogP contribution in [0.25, 0.3) is 0 Å². The van der Waals surface area contributed by atoms with E-state index in [1.165, 1.54) is 11.1 Å². The number of amides is 1. The Morgan fingerprint density at radius 1 is 1.17 bits per heavy atom. The first-order valence-corrected chi connectivity index (χ1v) is 8.38. The summed E-state index contributed by atoms with van der Waals surface area (Å²) in [7, 11) is 0. The molecule has 23 heavy (non-hydrogen) atoms. The van der Waals surface area contributed by atoms with Gasteiger partial charge in [0.25, 0.3) is 0 Å². The number of carboxylic acids is 1. The van der Waals surface area contributed by atoms with Crippen LogP contribution in [0.4, 0.5) is 0 Å². The lowest BCUT2D eigenvalue weighted by atomic mass is 9.81. The summed E-state index contributed by atoms with van der Waals surface area (Å²) in [6.07, 6.45) is 4.35. The van der Waals surface area contributed by atoms with Crippen molar-refractivity contribution in [3.63, 3.8) is 0 Å². The van der Waals surface area contributed by atoms with Crippen molar-refractivity contribution >= 4 is 11.9 Å². The van der Waals surface area contributed by atoms with Crippen LogP contribution in [-0.4, -0.2) is 30.1 Å². The molecule has 1 aromatic carbocycles. The van der Waals surface area contributed by atoms with Gasteiger partial charge in [0.05, 0.1) is 12.5 Å². The smallest absolute Gasteiger partial charge is 0.306 e. The summed E-state index contributed by atoms with van der Waals surface area (Å²) in [6, 6.07) is 6.22. The van der Waals surface area contributed by atoms with E-state index < -0.39 is 5.97 Å². The average Bonchev–Trinajstić information content (AvgIpc) is 3.02. The molecule has 5 nitrogen and oxygen atoms in total. The molecule has 2 aliphatic rings. The highest BCUT2D eigenvalue weighted by Gasteiger charge is 2.29. The second-order valence-electron chi connectivity index (χ2n) is 6.47. The highest BCUT2D eigenvalue weighted by molar-refractivity contribution is 5.79. The van der Waals surface area contributed by atoms with E-state index >= 15 is 0 Å². The molecule has 1 amide bonds. The monoisotopic (exact) mass is 317 g/mol. The number of aliphatic carboxylic acids is 1. The lowest BCUT2D eigenvalue weighted by molar-refractivity contribution is -0.144. The van der Waals surface area contributed by atoms with Crippen molar-refractivity contribution in [1.82, 2.24) is 5.32 Å². The third kappa shape index (κ3) is 3.84. The largest absolute Gasteiger partial charge is 0.493 e. The fourth-order valence-corrected chi connectivity index (χ4v) is 3.47. The highest BCUT2D eigenvalue weighted by atomic mass is 16.5. The van der Waals surface area contributed by atoms with Crippen LogP contribution in [0, 0.1) is 11.8 Å². The van der Waals surface area contributed by atoms with Gasteiger partial charge in [-0.3, -0.25) is 9.59 Å². The molecule has 0 saturated heterocycles. The van der Waals surface area contributed by atoms with Gasteiger partial charge in [0.2, 0.25) is 5.91 Å². The van der Waals surface area contributed by atoms with Crippen molar-refractivity contribution in [2.45, 2.75) is 38.5 Å². The molecule has 0 unspecified atom stereocenters. The van der Waals surface area contributed by atoms with Crippen LogP contribution < -0.4 is 10.1 Å². The van der Waals surface area contributed by atoms with Gasteiger partial charge in [-0.25, -0.2) is 0 Å². The van der Waals surface area contributed by atoms with Gasteiger partial charge in [-0.15, -0.1) is 0 Å². The fraction of sp³-hybridized carbons (Fsp3) is 0.556. The Balaban J connectivity index is 1.42. The van der Waals surface area contributed by atoms with Crippen molar-refractivity contribution in [3.05, 3.63) is 29.3 Å². The topological polar surface area (TPSA) is 75.6 Å². The number of benzene rings is 1. The SMILES string of the molecule is O=C(O)C1CCC(C(=O)NCCc2ccc3c(c2)CCO3)CC1. The minimum Gasteiger partial charge on any atom is -0.493 e. The minimum absolute atomic E-state index is 0.0287. The van der Waals surface area contributed by atoms with E-state index in [1.807, 2.05) is 12.1 Å². The first-order valence-electron chi connectivity index (χ1n) is 8.38. The van der Waals surface area contributed by atoms with Crippen molar-refractivity contribution in [3.8, 4) is 5.75 Å². The predicted molar refractivity (Wildman–Crippen MR) is 85.4 cm³/mol. The maximum atomic E-state index is 12.2. The molecule has 124 valence electrons. The van der Waals surface area contributed by atoms with Crippen molar-refractivity contribution in [1.29, 1.82) is 0 Å². The molecule has 1 aromatic rings. The third-order valence-corrected chi connectivity index (χ3v) is 4.91. The van der Waals surface area contributed by atoms with Crippen molar-refractivity contribution < 1.29 is 19.4 Å². The number of nitrogens with one attached hydrogen (secondary N) is 1. The maximum absolute atomic E-state index is 12.2. The molecule has 1 aliphatic heterocycles. The van der Waals surface area contributed by atoms with Crippen LogP contribution >= 0.6 is 0 Å². The molecule has 0 bridgehead atoms. The average molecular weight is 317 g/mol. The number of hydrogen-bond acceptors (Lipinski definition) is 3. The summed E-state index contributed by atoms with van der Waals surface area (Å²) >= 11 is 0. The minimum atomic E-state index is -0.732. The Bertz CT molecular complexity index is 591. The molecule has 0 atom stereocenters. The zero-order valence-corrected chi connectivity index (χ0v) is 13.2. The van der Waals surface area contributed by atoms with Gasteiger partial charge in [0, 0.05) is 18.9 Å². The lowest BCUT2D eigenvalue weighted by Crippen LogP contribution is -2.35. The summed E-state index contributed by atoms with van der Waals surface area (Å²) in [5.41, 5.74) is 2.46. The van der Waals surface area contributed by atoms with Crippen LogP contribution in [0.15, 0.2) is 18.2 Å². The number of carbonyl (C=O) groups excluding carboxylic acids is 1. The summed E-state index contributed by atoms with van der Waals surface area (Å²) < 4.78 is 5.49. The standard InChI is InChI=1S/C18H23NO4/c20-17(13-2-4-14(5-3-13)18(21)22)19-9-7-12-1-6-16-15(11-12)8-10-23-16/h1,6,11,13-14H,2-5,7-10H2,(H,19,20)(H,21,22). The molecule has 0 radical (unpaired) electrons. The molecule has 0 aromatic heterocycles. The molecule has 1 heterocycles. The fourth-order valence-electron chi connectivity index (χ4n) is 3.47. The number of rotatable bonds is 5. The van der Waals surface area contributed by atoms with E-state index in [2.05, 4.69) is 11.4 Å². The second kappa shape index (κ2) is 7.02. The van der Waals surface area contributed by atoms with Gasteiger partial charge in [0.15, 0.2) is 0 Å². The molecule has 2 N–H and O–H groups in total. The first kappa shape index (κ1) is 15.8. The van der Waals surface area contributed by atoms with Gasteiger partial charge >= 0.3 is 5.97 Å². The first-order chi connectivity index (χ1) is 11.1. The molecule has 1 fully saturated rings. The lowest BCUT2D eigenvalue weighted by Gasteiger charge is -2.25. The van der Waals surface area contributed by atoms with Crippen molar-refractivity contribution in [2.75, 3.05) is 13.2 Å². The quantitative estimate of drug-likeness (QED) is 0.873. The predicted octanol–water partition coefficient (Wildman–Crippen LogP) is 2.17. The van der Waals surface area contributed by atoms with Gasteiger partial charge in [-0.05, 0) is 49.3 Å². The Hall–Kier alpha value is -2.04. The van der Waals surface area contributed by atoms with Crippen LogP contribution in [-0.2, 0) is 22.4 Å². The second-order valence-corrected chi connectivity index (χ2v) is 6.47. The number of ether oxygens (including phenoxy) is 1. The normalized spacial score (nSPS) is 23.0. The van der Waals surface area contributed by atoms with Gasteiger partial charge < -0.3 is 15.2 Å². The van der Waals surface area contributed by atoms with E-state index in [0.717, 1.165) is 25.2 Å². The zero-order valence-electron chi connectivity index (χ0n) is 13.2. The molecular formula is C18H23NO4.